The molecular formula is C18H16N2O2. The molecule has 1 aliphatic rings. The summed E-state index contributed by atoms with van der Waals surface area (Å²) in [7, 11) is 0. The normalized spacial score (nSPS) is 14.0. The van der Waals surface area contributed by atoms with Gasteiger partial charge in [-0.05, 0) is 41.8 Å². The molecule has 1 heterocycles. The number of benzene rings is 2. The number of carbonyl (C=O) groups excluding carboxylic acids is 1. The van der Waals surface area contributed by atoms with Crippen LogP contribution in [0.25, 0.3) is 11.1 Å². The summed E-state index contributed by atoms with van der Waals surface area (Å²) in [5, 5.41) is 8.81. The van der Waals surface area contributed by atoms with Crippen molar-refractivity contribution in [1.82, 2.24) is 4.90 Å². The predicted molar refractivity (Wildman–Crippen MR) is 83.0 cm³/mol. The maximum atomic E-state index is 11.5. The number of likely N-dealkylation sites (tertiary alicyclic amines) is 1. The molecule has 110 valence electrons. The lowest BCUT2D eigenvalue weighted by Crippen LogP contribution is -2.28. The van der Waals surface area contributed by atoms with Crippen molar-refractivity contribution < 1.29 is 9.53 Å². The Morgan fingerprint density at radius 3 is 2.23 bits per heavy atom. The standard InChI is InChI=1S/C18H16N2O2/c19-12-14-3-5-15(6-4-14)16-7-9-17(10-8-16)22-13-20-11-1-2-18(20)21/h3-10H,1-2,11,13H2. The lowest BCUT2D eigenvalue weighted by molar-refractivity contribution is -0.130. The minimum atomic E-state index is 0.161. The van der Waals surface area contributed by atoms with E-state index < -0.39 is 0 Å². The molecule has 0 saturated carbocycles. The van der Waals surface area contributed by atoms with E-state index in [9.17, 15) is 4.79 Å². The van der Waals surface area contributed by atoms with Gasteiger partial charge in [0.15, 0.2) is 6.73 Å². The fraction of sp³-hybridized carbons (Fsp3) is 0.222. The second-order valence-corrected chi connectivity index (χ2v) is 5.25. The molecule has 1 saturated heterocycles. The van der Waals surface area contributed by atoms with Crippen LogP contribution in [-0.4, -0.2) is 24.1 Å². The molecule has 22 heavy (non-hydrogen) atoms. The molecule has 3 rings (SSSR count). The average Bonchev–Trinajstić information content (AvgIpc) is 2.99. The smallest absolute Gasteiger partial charge is 0.225 e. The van der Waals surface area contributed by atoms with Gasteiger partial charge in [0.05, 0.1) is 11.6 Å². The molecule has 0 unspecified atom stereocenters. The van der Waals surface area contributed by atoms with Crippen LogP contribution in [-0.2, 0) is 4.79 Å². The molecule has 1 fully saturated rings. The van der Waals surface area contributed by atoms with Crippen LogP contribution in [0.3, 0.4) is 0 Å². The Labute approximate surface area is 129 Å². The van der Waals surface area contributed by atoms with Crippen LogP contribution < -0.4 is 4.74 Å². The Kier molecular flexibility index (Phi) is 4.06. The third-order valence-electron chi connectivity index (χ3n) is 3.76. The van der Waals surface area contributed by atoms with E-state index in [0.29, 0.717) is 18.7 Å². The van der Waals surface area contributed by atoms with E-state index in [0.717, 1.165) is 29.8 Å². The highest BCUT2D eigenvalue weighted by atomic mass is 16.5. The first kappa shape index (κ1) is 14.2. The highest BCUT2D eigenvalue weighted by molar-refractivity contribution is 5.77. The molecule has 0 spiro atoms. The van der Waals surface area contributed by atoms with E-state index >= 15 is 0 Å². The molecular weight excluding hydrogens is 276 g/mol. The molecule has 4 nitrogen and oxygen atoms in total. The fourth-order valence-electron chi connectivity index (χ4n) is 2.47. The summed E-state index contributed by atoms with van der Waals surface area (Å²) in [6.07, 6.45) is 1.54. The van der Waals surface area contributed by atoms with E-state index in [2.05, 4.69) is 6.07 Å². The minimum Gasteiger partial charge on any atom is -0.473 e. The SMILES string of the molecule is N#Cc1ccc(-c2ccc(OCN3CCCC3=O)cc2)cc1. The maximum absolute atomic E-state index is 11.5. The zero-order chi connectivity index (χ0) is 15.4. The molecule has 2 aromatic rings. The maximum Gasteiger partial charge on any atom is 0.225 e. The summed E-state index contributed by atoms with van der Waals surface area (Å²) in [6.45, 7) is 1.09. The molecule has 0 bridgehead atoms. The first-order chi connectivity index (χ1) is 10.8. The number of carbonyl (C=O) groups is 1. The first-order valence-corrected chi connectivity index (χ1v) is 7.27. The fourth-order valence-corrected chi connectivity index (χ4v) is 2.47. The number of hydrogen-bond donors (Lipinski definition) is 0. The van der Waals surface area contributed by atoms with Crippen molar-refractivity contribution in [3.8, 4) is 22.9 Å². The third-order valence-corrected chi connectivity index (χ3v) is 3.76. The van der Waals surface area contributed by atoms with Crippen molar-refractivity contribution in [3.63, 3.8) is 0 Å². The van der Waals surface area contributed by atoms with Gasteiger partial charge in [-0.15, -0.1) is 0 Å². The van der Waals surface area contributed by atoms with Gasteiger partial charge in [0.25, 0.3) is 0 Å². The van der Waals surface area contributed by atoms with Crippen molar-refractivity contribution >= 4 is 5.91 Å². The molecule has 1 amide bonds. The van der Waals surface area contributed by atoms with Crippen LogP contribution in [0.5, 0.6) is 5.75 Å². The summed E-state index contributed by atoms with van der Waals surface area (Å²) in [4.78, 5) is 13.2. The van der Waals surface area contributed by atoms with E-state index in [1.165, 1.54) is 0 Å². The van der Waals surface area contributed by atoms with Gasteiger partial charge in [-0.2, -0.15) is 5.26 Å². The molecule has 1 aliphatic heterocycles. The Hall–Kier alpha value is -2.80. The van der Waals surface area contributed by atoms with Crippen molar-refractivity contribution in [3.05, 3.63) is 54.1 Å². The number of nitrogens with zero attached hydrogens (tertiary/aromatic N) is 2. The Bertz CT molecular complexity index is 699. The largest absolute Gasteiger partial charge is 0.473 e. The molecule has 0 aliphatic carbocycles. The molecule has 0 atom stereocenters. The van der Waals surface area contributed by atoms with E-state index in [4.69, 9.17) is 10.00 Å². The van der Waals surface area contributed by atoms with Crippen molar-refractivity contribution in [1.29, 1.82) is 5.26 Å². The van der Waals surface area contributed by atoms with Gasteiger partial charge in [0.1, 0.15) is 5.75 Å². The highest BCUT2D eigenvalue weighted by Crippen LogP contribution is 2.23. The molecule has 2 aromatic carbocycles. The molecule has 4 heteroatoms. The van der Waals surface area contributed by atoms with Gasteiger partial charge in [-0.25, -0.2) is 0 Å². The van der Waals surface area contributed by atoms with Crippen LogP contribution in [0, 0.1) is 11.3 Å². The molecule has 0 aromatic heterocycles. The molecule has 0 N–H and O–H groups in total. The van der Waals surface area contributed by atoms with Crippen molar-refractivity contribution in [2.45, 2.75) is 12.8 Å². The number of rotatable bonds is 4. The predicted octanol–water partition coefficient (Wildman–Crippen LogP) is 3.18. The third kappa shape index (κ3) is 3.09. The van der Waals surface area contributed by atoms with E-state index in [-0.39, 0.29) is 5.91 Å². The Morgan fingerprint density at radius 2 is 1.68 bits per heavy atom. The Morgan fingerprint density at radius 1 is 1.05 bits per heavy atom. The van der Waals surface area contributed by atoms with Crippen LogP contribution in [0.2, 0.25) is 0 Å². The lowest BCUT2D eigenvalue weighted by atomic mass is 10.0. The second-order valence-electron chi connectivity index (χ2n) is 5.25. The minimum absolute atomic E-state index is 0.161. The summed E-state index contributed by atoms with van der Waals surface area (Å²) in [5.74, 6) is 0.909. The van der Waals surface area contributed by atoms with Gasteiger partial charge < -0.3 is 9.64 Å². The number of ether oxygens (including phenoxy) is 1. The number of hydrogen-bond acceptors (Lipinski definition) is 3. The van der Waals surface area contributed by atoms with Gasteiger partial charge in [-0.1, -0.05) is 24.3 Å². The van der Waals surface area contributed by atoms with E-state index in [1.807, 2.05) is 36.4 Å². The molecule has 0 radical (unpaired) electrons. The number of nitriles is 1. The second kappa shape index (κ2) is 6.31. The van der Waals surface area contributed by atoms with Crippen LogP contribution in [0.1, 0.15) is 18.4 Å². The van der Waals surface area contributed by atoms with Gasteiger partial charge >= 0.3 is 0 Å². The summed E-state index contributed by atoms with van der Waals surface area (Å²) in [6, 6.07) is 17.3. The summed E-state index contributed by atoms with van der Waals surface area (Å²) < 4.78 is 5.65. The zero-order valence-electron chi connectivity index (χ0n) is 12.2. The zero-order valence-corrected chi connectivity index (χ0v) is 12.2. The number of amides is 1. The van der Waals surface area contributed by atoms with Gasteiger partial charge in [0.2, 0.25) is 5.91 Å². The van der Waals surface area contributed by atoms with Crippen LogP contribution >= 0.6 is 0 Å². The first-order valence-electron chi connectivity index (χ1n) is 7.27. The quantitative estimate of drug-likeness (QED) is 0.869. The van der Waals surface area contributed by atoms with Crippen molar-refractivity contribution in [2.75, 3.05) is 13.3 Å². The summed E-state index contributed by atoms with van der Waals surface area (Å²) in [5.41, 5.74) is 2.77. The van der Waals surface area contributed by atoms with Crippen LogP contribution in [0.4, 0.5) is 0 Å². The van der Waals surface area contributed by atoms with Crippen LogP contribution in [0.15, 0.2) is 48.5 Å². The van der Waals surface area contributed by atoms with Gasteiger partial charge in [0, 0.05) is 13.0 Å². The highest BCUT2D eigenvalue weighted by Gasteiger charge is 2.19. The topological polar surface area (TPSA) is 53.3 Å². The lowest BCUT2D eigenvalue weighted by Gasteiger charge is -2.16. The monoisotopic (exact) mass is 292 g/mol. The van der Waals surface area contributed by atoms with Crippen molar-refractivity contribution in [2.24, 2.45) is 0 Å². The average molecular weight is 292 g/mol. The van der Waals surface area contributed by atoms with Gasteiger partial charge in [-0.3, -0.25) is 4.79 Å². The van der Waals surface area contributed by atoms with E-state index in [1.54, 1.807) is 17.0 Å². The Balaban J connectivity index is 1.64. The summed E-state index contributed by atoms with van der Waals surface area (Å²) >= 11 is 0.